The first-order chi connectivity index (χ1) is 7.10. The summed E-state index contributed by atoms with van der Waals surface area (Å²) >= 11 is 0. The Balaban J connectivity index is 2.49. The van der Waals surface area contributed by atoms with Gasteiger partial charge in [0, 0.05) is 25.6 Å². The molecule has 5 nitrogen and oxygen atoms in total. The predicted octanol–water partition coefficient (Wildman–Crippen LogP) is 0.466. The summed E-state index contributed by atoms with van der Waals surface area (Å²) in [6.45, 7) is 3.31. The lowest BCUT2D eigenvalue weighted by Crippen LogP contribution is -2.45. The Morgan fingerprint density at radius 1 is 1.47 bits per heavy atom. The zero-order valence-electron chi connectivity index (χ0n) is 8.94. The van der Waals surface area contributed by atoms with Crippen molar-refractivity contribution >= 4 is 10.2 Å². The maximum absolute atomic E-state index is 11.7. The van der Waals surface area contributed by atoms with Gasteiger partial charge in [0.05, 0.1) is 6.07 Å². The van der Waals surface area contributed by atoms with Crippen molar-refractivity contribution in [1.82, 2.24) is 9.03 Å². The number of rotatable bonds is 4. The Bertz CT molecular complexity index is 326. The SMILES string of the molecule is CCCNS(=O)(=O)N1CCC(C#N)CC1. The molecule has 86 valence electrons. The van der Waals surface area contributed by atoms with Crippen molar-refractivity contribution in [3.63, 3.8) is 0 Å². The molecule has 0 bridgehead atoms. The molecule has 0 aliphatic carbocycles. The van der Waals surface area contributed by atoms with Gasteiger partial charge in [-0.2, -0.15) is 18.0 Å². The van der Waals surface area contributed by atoms with Crippen LogP contribution in [0.3, 0.4) is 0 Å². The standard InChI is InChI=1S/C9H17N3O2S/c1-2-5-11-15(13,14)12-6-3-9(8-10)4-7-12/h9,11H,2-7H2,1H3. The summed E-state index contributed by atoms with van der Waals surface area (Å²) in [4.78, 5) is 0. The molecule has 0 aromatic carbocycles. The summed E-state index contributed by atoms with van der Waals surface area (Å²) in [5, 5.41) is 8.69. The highest BCUT2D eigenvalue weighted by atomic mass is 32.2. The average molecular weight is 231 g/mol. The summed E-state index contributed by atoms with van der Waals surface area (Å²) in [7, 11) is -3.30. The van der Waals surface area contributed by atoms with Gasteiger partial charge in [-0.3, -0.25) is 0 Å². The third-order valence-corrected chi connectivity index (χ3v) is 4.12. The maximum Gasteiger partial charge on any atom is 0.279 e. The number of hydrogen-bond acceptors (Lipinski definition) is 3. The molecular weight excluding hydrogens is 214 g/mol. The van der Waals surface area contributed by atoms with Crippen LogP contribution in [0.2, 0.25) is 0 Å². The predicted molar refractivity (Wildman–Crippen MR) is 57.1 cm³/mol. The van der Waals surface area contributed by atoms with E-state index in [0.29, 0.717) is 32.5 Å². The van der Waals surface area contributed by atoms with Crippen LogP contribution in [0.15, 0.2) is 0 Å². The molecule has 0 radical (unpaired) electrons. The fourth-order valence-electron chi connectivity index (χ4n) is 1.55. The van der Waals surface area contributed by atoms with Crippen LogP contribution in [0, 0.1) is 17.2 Å². The van der Waals surface area contributed by atoms with E-state index in [2.05, 4.69) is 10.8 Å². The summed E-state index contributed by atoms with van der Waals surface area (Å²) in [5.74, 6) is 0.0163. The van der Waals surface area contributed by atoms with Crippen LogP contribution in [0.5, 0.6) is 0 Å². The van der Waals surface area contributed by atoms with Crippen LogP contribution in [0.25, 0.3) is 0 Å². The molecule has 1 aliphatic heterocycles. The smallest absolute Gasteiger partial charge is 0.202 e. The van der Waals surface area contributed by atoms with Gasteiger partial charge in [0.2, 0.25) is 0 Å². The molecule has 0 spiro atoms. The molecule has 0 saturated carbocycles. The second-order valence-electron chi connectivity index (χ2n) is 3.70. The third kappa shape index (κ3) is 3.45. The molecule has 0 amide bonds. The fourth-order valence-corrected chi connectivity index (χ4v) is 2.88. The van der Waals surface area contributed by atoms with E-state index in [4.69, 9.17) is 5.26 Å². The van der Waals surface area contributed by atoms with Gasteiger partial charge in [-0.1, -0.05) is 6.92 Å². The molecule has 1 N–H and O–H groups in total. The summed E-state index contributed by atoms with van der Waals surface area (Å²) in [6.07, 6.45) is 2.07. The van der Waals surface area contributed by atoms with Crippen molar-refractivity contribution in [2.45, 2.75) is 26.2 Å². The zero-order chi connectivity index (χ0) is 11.3. The van der Waals surface area contributed by atoms with Crippen LogP contribution in [0.1, 0.15) is 26.2 Å². The molecule has 1 rings (SSSR count). The fraction of sp³-hybridized carbons (Fsp3) is 0.889. The van der Waals surface area contributed by atoms with Crippen molar-refractivity contribution in [2.75, 3.05) is 19.6 Å². The van der Waals surface area contributed by atoms with Crippen LogP contribution < -0.4 is 4.72 Å². The Kier molecular flexibility index (Phi) is 4.51. The van der Waals surface area contributed by atoms with Crippen LogP contribution in [0.4, 0.5) is 0 Å². The first-order valence-corrected chi connectivity index (χ1v) is 6.68. The highest BCUT2D eigenvalue weighted by Crippen LogP contribution is 2.17. The number of piperidine rings is 1. The van der Waals surface area contributed by atoms with Gasteiger partial charge >= 0.3 is 0 Å². The average Bonchev–Trinajstić information content (AvgIpc) is 2.26. The number of hydrogen-bond donors (Lipinski definition) is 1. The van der Waals surface area contributed by atoms with E-state index in [1.807, 2.05) is 6.92 Å². The molecule has 0 aromatic rings. The normalized spacial score (nSPS) is 20.0. The van der Waals surface area contributed by atoms with Crippen molar-refractivity contribution in [3.8, 4) is 6.07 Å². The minimum Gasteiger partial charge on any atom is -0.202 e. The minimum atomic E-state index is -3.30. The first-order valence-electron chi connectivity index (χ1n) is 5.24. The second-order valence-corrected chi connectivity index (χ2v) is 5.46. The zero-order valence-corrected chi connectivity index (χ0v) is 9.76. The summed E-state index contributed by atoms with van der Waals surface area (Å²) in [6, 6.07) is 2.18. The van der Waals surface area contributed by atoms with E-state index >= 15 is 0 Å². The summed E-state index contributed by atoms with van der Waals surface area (Å²) < 4.78 is 27.3. The lowest BCUT2D eigenvalue weighted by Gasteiger charge is -2.28. The van der Waals surface area contributed by atoms with Crippen molar-refractivity contribution < 1.29 is 8.42 Å². The van der Waals surface area contributed by atoms with Gasteiger partial charge in [-0.05, 0) is 19.3 Å². The van der Waals surface area contributed by atoms with Gasteiger partial charge in [0.15, 0.2) is 0 Å². The maximum atomic E-state index is 11.7. The Morgan fingerprint density at radius 3 is 2.53 bits per heavy atom. The van der Waals surface area contributed by atoms with Crippen molar-refractivity contribution in [2.24, 2.45) is 5.92 Å². The Labute approximate surface area is 91.3 Å². The Hall–Kier alpha value is -0.640. The third-order valence-electron chi connectivity index (χ3n) is 2.51. The van der Waals surface area contributed by atoms with Crippen LogP contribution in [-0.2, 0) is 10.2 Å². The quantitative estimate of drug-likeness (QED) is 0.764. The molecular formula is C9H17N3O2S. The van der Waals surface area contributed by atoms with Gasteiger partial charge < -0.3 is 0 Å². The van der Waals surface area contributed by atoms with E-state index in [-0.39, 0.29) is 5.92 Å². The van der Waals surface area contributed by atoms with E-state index in [1.54, 1.807) is 0 Å². The van der Waals surface area contributed by atoms with Crippen LogP contribution >= 0.6 is 0 Å². The van der Waals surface area contributed by atoms with E-state index < -0.39 is 10.2 Å². The monoisotopic (exact) mass is 231 g/mol. The first kappa shape index (κ1) is 12.4. The molecule has 1 heterocycles. The molecule has 1 fully saturated rings. The molecule has 6 heteroatoms. The topological polar surface area (TPSA) is 73.2 Å². The minimum absolute atomic E-state index is 0.0163. The van der Waals surface area contributed by atoms with Crippen LogP contribution in [-0.4, -0.2) is 32.4 Å². The molecule has 1 aliphatic rings. The molecule has 0 aromatic heterocycles. The van der Waals surface area contributed by atoms with Gasteiger partial charge in [0.1, 0.15) is 0 Å². The molecule has 1 saturated heterocycles. The highest BCUT2D eigenvalue weighted by Gasteiger charge is 2.27. The molecule has 15 heavy (non-hydrogen) atoms. The summed E-state index contributed by atoms with van der Waals surface area (Å²) in [5.41, 5.74) is 0. The largest absolute Gasteiger partial charge is 0.279 e. The number of nitriles is 1. The molecule has 0 unspecified atom stereocenters. The van der Waals surface area contributed by atoms with Gasteiger partial charge in [-0.25, -0.2) is 4.72 Å². The Morgan fingerprint density at radius 2 is 2.07 bits per heavy atom. The molecule has 0 atom stereocenters. The number of nitrogens with one attached hydrogen (secondary N) is 1. The number of nitrogens with zero attached hydrogens (tertiary/aromatic N) is 2. The highest BCUT2D eigenvalue weighted by molar-refractivity contribution is 7.87. The lowest BCUT2D eigenvalue weighted by molar-refractivity contribution is 0.306. The van der Waals surface area contributed by atoms with Gasteiger partial charge in [-0.15, -0.1) is 0 Å². The lowest BCUT2D eigenvalue weighted by atomic mass is 10.0. The van der Waals surface area contributed by atoms with E-state index in [9.17, 15) is 8.42 Å². The van der Waals surface area contributed by atoms with Gasteiger partial charge in [0.25, 0.3) is 10.2 Å². The van der Waals surface area contributed by atoms with Crippen molar-refractivity contribution in [3.05, 3.63) is 0 Å². The van der Waals surface area contributed by atoms with E-state index in [1.165, 1.54) is 4.31 Å². The van der Waals surface area contributed by atoms with Crippen molar-refractivity contribution in [1.29, 1.82) is 5.26 Å². The van der Waals surface area contributed by atoms with E-state index in [0.717, 1.165) is 6.42 Å². The second kappa shape index (κ2) is 5.45.